The topological polar surface area (TPSA) is 35.6 Å². The minimum atomic E-state index is 0.0851. The van der Waals surface area contributed by atoms with Gasteiger partial charge in [-0.05, 0) is 32.0 Å². The molecule has 0 aliphatic carbocycles. The monoisotopic (exact) mass is 261 g/mol. The second kappa shape index (κ2) is 6.17. The van der Waals surface area contributed by atoms with E-state index in [2.05, 4.69) is 22.2 Å². The molecule has 0 saturated carbocycles. The van der Waals surface area contributed by atoms with Crippen LogP contribution in [-0.4, -0.2) is 55.5 Å². The van der Waals surface area contributed by atoms with Crippen molar-refractivity contribution >= 4 is 11.6 Å². The molecule has 4 heteroatoms. The minimum Gasteiger partial charge on any atom is -0.324 e. The molecule has 1 aliphatic heterocycles. The van der Waals surface area contributed by atoms with Crippen LogP contribution in [-0.2, 0) is 4.79 Å². The molecule has 0 aromatic heterocycles. The zero-order chi connectivity index (χ0) is 13.8. The molecule has 1 aromatic rings. The van der Waals surface area contributed by atoms with Crippen molar-refractivity contribution in [2.75, 3.05) is 45.1 Å². The summed E-state index contributed by atoms with van der Waals surface area (Å²) in [6, 6.07) is 6.07. The van der Waals surface area contributed by atoms with Crippen molar-refractivity contribution < 1.29 is 4.79 Å². The first-order valence-electron chi connectivity index (χ1n) is 6.83. The van der Waals surface area contributed by atoms with Crippen molar-refractivity contribution in [3.63, 3.8) is 0 Å². The number of anilines is 1. The molecule has 104 valence electrons. The summed E-state index contributed by atoms with van der Waals surface area (Å²) in [4.78, 5) is 16.6. The molecule has 0 atom stereocenters. The molecule has 0 bridgehead atoms. The van der Waals surface area contributed by atoms with E-state index in [4.69, 9.17) is 0 Å². The molecule has 4 nitrogen and oxygen atoms in total. The number of hydrogen-bond donors (Lipinski definition) is 1. The fourth-order valence-corrected chi connectivity index (χ4v) is 2.40. The van der Waals surface area contributed by atoms with E-state index in [1.165, 1.54) is 0 Å². The SMILES string of the molecule is Cc1cccc(C)c1NC(=O)CN1CCN(C)CC1. The van der Waals surface area contributed by atoms with Crippen LogP contribution in [0.1, 0.15) is 11.1 Å². The third kappa shape index (κ3) is 3.78. The number of amides is 1. The number of carbonyl (C=O) groups excluding carboxylic acids is 1. The molecule has 0 spiro atoms. The Kier molecular flexibility index (Phi) is 4.56. The second-order valence-electron chi connectivity index (χ2n) is 5.39. The molecular formula is C15H23N3O. The predicted molar refractivity (Wildman–Crippen MR) is 78.5 cm³/mol. The molecule has 1 aliphatic rings. The number of hydrogen-bond acceptors (Lipinski definition) is 3. The standard InChI is InChI=1S/C15H23N3O/c1-12-5-4-6-13(2)15(12)16-14(19)11-18-9-7-17(3)8-10-18/h4-6H,7-11H2,1-3H3,(H,16,19). The van der Waals surface area contributed by atoms with E-state index >= 15 is 0 Å². The van der Waals surface area contributed by atoms with E-state index < -0.39 is 0 Å². The summed E-state index contributed by atoms with van der Waals surface area (Å²) in [5, 5.41) is 3.04. The van der Waals surface area contributed by atoms with Gasteiger partial charge in [0.15, 0.2) is 0 Å². The Morgan fingerprint density at radius 1 is 1.16 bits per heavy atom. The van der Waals surface area contributed by atoms with Crippen molar-refractivity contribution in [3.05, 3.63) is 29.3 Å². The van der Waals surface area contributed by atoms with Crippen molar-refractivity contribution in [3.8, 4) is 0 Å². The van der Waals surface area contributed by atoms with Crippen LogP contribution >= 0.6 is 0 Å². The van der Waals surface area contributed by atoms with Gasteiger partial charge in [0.05, 0.1) is 6.54 Å². The Hall–Kier alpha value is -1.39. The number of nitrogens with one attached hydrogen (secondary N) is 1. The molecule has 1 N–H and O–H groups in total. The lowest BCUT2D eigenvalue weighted by Crippen LogP contribution is -2.47. The largest absolute Gasteiger partial charge is 0.324 e. The lowest BCUT2D eigenvalue weighted by Gasteiger charge is -2.31. The molecule has 1 aromatic carbocycles. The molecule has 1 heterocycles. The first-order chi connectivity index (χ1) is 9.06. The average molecular weight is 261 g/mol. The van der Waals surface area contributed by atoms with Gasteiger partial charge in [-0.25, -0.2) is 0 Å². The summed E-state index contributed by atoms with van der Waals surface area (Å²) in [6.07, 6.45) is 0. The van der Waals surface area contributed by atoms with E-state index in [-0.39, 0.29) is 5.91 Å². The normalized spacial score (nSPS) is 17.4. The summed E-state index contributed by atoms with van der Waals surface area (Å²) in [5.74, 6) is 0.0851. The first-order valence-corrected chi connectivity index (χ1v) is 6.83. The highest BCUT2D eigenvalue weighted by molar-refractivity contribution is 5.93. The maximum atomic E-state index is 12.1. The number of benzene rings is 1. The van der Waals surface area contributed by atoms with Gasteiger partial charge in [0.2, 0.25) is 5.91 Å². The van der Waals surface area contributed by atoms with E-state index in [9.17, 15) is 4.79 Å². The molecule has 0 unspecified atom stereocenters. The zero-order valence-corrected chi connectivity index (χ0v) is 12.1. The number of aryl methyl sites for hydroxylation is 2. The highest BCUT2D eigenvalue weighted by Gasteiger charge is 2.17. The molecule has 19 heavy (non-hydrogen) atoms. The van der Waals surface area contributed by atoms with E-state index in [1.807, 2.05) is 32.0 Å². The van der Waals surface area contributed by atoms with Crippen LogP contribution in [0.2, 0.25) is 0 Å². The fraction of sp³-hybridized carbons (Fsp3) is 0.533. The van der Waals surface area contributed by atoms with Gasteiger partial charge in [-0.2, -0.15) is 0 Å². The van der Waals surface area contributed by atoms with Crippen molar-refractivity contribution in [1.29, 1.82) is 0 Å². The van der Waals surface area contributed by atoms with Crippen LogP contribution in [0, 0.1) is 13.8 Å². The van der Waals surface area contributed by atoms with E-state index in [0.717, 1.165) is 43.0 Å². The number of nitrogens with zero attached hydrogens (tertiary/aromatic N) is 2. The maximum Gasteiger partial charge on any atom is 0.238 e. The Morgan fingerprint density at radius 2 is 1.74 bits per heavy atom. The summed E-state index contributed by atoms with van der Waals surface area (Å²) >= 11 is 0. The smallest absolute Gasteiger partial charge is 0.238 e. The number of piperazine rings is 1. The van der Waals surface area contributed by atoms with Gasteiger partial charge >= 0.3 is 0 Å². The number of para-hydroxylation sites is 1. The Bertz CT molecular complexity index is 430. The van der Waals surface area contributed by atoms with Crippen LogP contribution in [0.25, 0.3) is 0 Å². The van der Waals surface area contributed by atoms with Gasteiger partial charge in [-0.3, -0.25) is 9.69 Å². The van der Waals surface area contributed by atoms with Gasteiger partial charge in [0.25, 0.3) is 0 Å². The van der Waals surface area contributed by atoms with Crippen LogP contribution in [0.4, 0.5) is 5.69 Å². The molecule has 2 rings (SSSR count). The fourth-order valence-electron chi connectivity index (χ4n) is 2.40. The van der Waals surface area contributed by atoms with Crippen LogP contribution in [0.3, 0.4) is 0 Å². The van der Waals surface area contributed by atoms with Crippen molar-refractivity contribution in [2.45, 2.75) is 13.8 Å². The summed E-state index contributed by atoms with van der Waals surface area (Å²) < 4.78 is 0. The van der Waals surface area contributed by atoms with Gasteiger partial charge in [-0.15, -0.1) is 0 Å². The molecule has 1 amide bonds. The number of likely N-dealkylation sites (N-methyl/N-ethyl adjacent to an activating group) is 1. The Morgan fingerprint density at radius 3 is 2.32 bits per heavy atom. The predicted octanol–water partition coefficient (Wildman–Crippen LogP) is 1.49. The summed E-state index contributed by atoms with van der Waals surface area (Å²) in [7, 11) is 2.12. The molecule has 1 saturated heterocycles. The van der Waals surface area contributed by atoms with Crippen molar-refractivity contribution in [1.82, 2.24) is 9.80 Å². The molecule has 1 fully saturated rings. The highest BCUT2D eigenvalue weighted by atomic mass is 16.2. The van der Waals surface area contributed by atoms with Gasteiger partial charge < -0.3 is 10.2 Å². The highest BCUT2D eigenvalue weighted by Crippen LogP contribution is 2.19. The van der Waals surface area contributed by atoms with Gasteiger partial charge in [-0.1, -0.05) is 18.2 Å². The quantitative estimate of drug-likeness (QED) is 0.895. The van der Waals surface area contributed by atoms with Crippen LogP contribution < -0.4 is 5.32 Å². The second-order valence-corrected chi connectivity index (χ2v) is 5.39. The minimum absolute atomic E-state index is 0.0851. The molecular weight excluding hydrogens is 238 g/mol. The summed E-state index contributed by atoms with van der Waals surface area (Å²) in [5.41, 5.74) is 3.19. The van der Waals surface area contributed by atoms with Crippen molar-refractivity contribution in [2.24, 2.45) is 0 Å². The lowest BCUT2D eigenvalue weighted by molar-refractivity contribution is -0.117. The number of rotatable bonds is 3. The summed E-state index contributed by atoms with van der Waals surface area (Å²) in [6.45, 7) is 8.55. The van der Waals surface area contributed by atoms with Gasteiger partial charge in [0.1, 0.15) is 0 Å². The average Bonchev–Trinajstić information content (AvgIpc) is 2.37. The van der Waals surface area contributed by atoms with E-state index in [1.54, 1.807) is 0 Å². The third-order valence-corrected chi connectivity index (χ3v) is 3.71. The zero-order valence-electron chi connectivity index (χ0n) is 12.1. The van der Waals surface area contributed by atoms with Crippen LogP contribution in [0.15, 0.2) is 18.2 Å². The Balaban J connectivity index is 1.91. The van der Waals surface area contributed by atoms with Gasteiger partial charge in [0, 0.05) is 31.9 Å². The van der Waals surface area contributed by atoms with E-state index in [0.29, 0.717) is 6.54 Å². The number of carbonyl (C=O) groups is 1. The molecule has 0 radical (unpaired) electrons. The lowest BCUT2D eigenvalue weighted by atomic mass is 10.1. The maximum absolute atomic E-state index is 12.1. The third-order valence-electron chi connectivity index (χ3n) is 3.71. The van der Waals surface area contributed by atoms with Crippen LogP contribution in [0.5, 0.6) is 0 Å². The first kappa shape index (κ1) is 14.0. The Labute approximate surface area is 115 Å².